The summed E-state index contributed by atoms with van der Waals surface area (Å²) in [6.07, 6.45) is 0. The van der Waals surface area contributed by atoms with Gasteiger partial charge >= 0.3 is 0 Å². The minimum Gasteiger partial charge on any atom is -0.493 e. The maximum absolute atomic E-state index is 5.26. The van der Waals surface area contributed by atoms with Gasteiger partial charge in [0.05, 0.1) is 14.2 Å². The molecule has 0 saturated heterocycles. The van der Waals surface area contributed by atoms with Crippen LogP contribution in [0.25, 0.3) is 0 Å². The summed E-state index contributed by atoms with van der Waals surface area (Å²) in [5.41, 5.74) is 1.01. The minimum atomic E-state index is 0.731. The highest BCUT2D eigenvalue weighted by molar-refractivity contribution is 9.10. The average molecular weight is 328 g/mol. The van der Waals surface area contributed by atoms with Gasteiger partial charge in [0, 0.05) is 33.0 Å². The summed E-state index contributed by atoms with van der Waals surface area (Å²) in [4.78, 5) is 1.27. The second-order valence-electron chi connectivity index (χ2n) is 3.65. The van der Waals surface area contributed by atoms with E-state index in [1.165, 1.54) is 4.88 Å². The summed E-state index contributed by atoms with van der Waals surface area (Å²) in [5.74, 6) is 1.47. The molecule has 1 aromatic heterocycles. The number of hydrogen-bond acceptors (Lipinski definition) is 4. The topological polar surface area (TPSA) is 30.5 Å². The largest absolute Gasteiger partial charge is 0.493 e. The van der Waals surface area contributed by atoms with Gasteiger partial charge in [-0.05, 0) is 34.1 Å². The van der Waals surface area contributed by atoms with Crippen LogP contribution in [-0.2, 0) is 6.54 Å². The van der Waals surface area contributed by atoms with Crippen molar-refractivity contribution in [3.05, 3.63) is 39.0 Å². The number of nitrogens with one attached hydrogen (secondary N) is 1. The molecule has 0 saturated carbocycles. The molecular weight excluding hydrogens is 314 g/mol. The van der Waals surface area contributed by atoms with Crippen LogP contribution in [-0.4, -0.2) is 14.2 Å². The van der Waals surface area contributed by atoms with Crippen LogP contribution < -0.4 is 14.8 Å². The lowest BCUT2D eigenvalue weighted by Gasteiger charge is -2.10. The minimum absolute atomic E-state index is 0.731. The Bertz CT molecular complexity index is 527. The predicted molar refractivity (Wildman–Crippen MR) is 78.9 cm³/mol. The first-order chi connectivity index (χ1) is 8.72. The fourth-order valence-electron chi connectivity index (χ4n) is 1.58. The van der Waals surface area contributed by atoms with Gasteiger partial charge in [-0.2, -0.15) is 0 Å². The van der Waals surface area contributed by atoms with E-state index >= 15 is 0 Å². The molecule has 2 aromatic rings. The van der Waals surface area contributed by atoms with Crippen molar-refractivity contribution in [2.45, 2.75) is 6.54 Å². The predicted octanol–water partition coefficient (Wildman–Crippen LogP) is 4.14. The zero-order chi connectivity index (χ0) is 13.0. The molecular formula is C13H14BrNO2S. The Balaban J connectivity index is 2.05. The van der Waals surface area contributed by atoms with E-state index in [1.54, 1.807) is 25.6 Å². The lowest BCUT2D eigenvalue weighted by Crippen LogP contribution is -1.98. The van der Waals surface area contributed by atoms with E-state index in [2.05, 4.69) is 32.7 Å². The molecule has 3 nitrogen and oxygen atoms in total. The van der Waals surface area contributed by atoms with Gasteiger partial charge in [-0.15, -0.1) is 11.3 Å². The van der Waals surface area contributed by atoms with Gasteiger partial charge in [0.25, 0.3) is 0 Å². The third-order valence-corrected chi connectivity index (χ3v) is 4.17. The van der Waals surface area contributed by atoms with E-state index < -0.39 is 0 Å². The first-order valence-corrected chi connectivity index (χ1v) is 7.09. The fourth-order valence-corrected chi connectivity index (χ4v) is 2.97. The van der Waals surface area contributed by atoms with E-state index in [0.29, 0.717) is 0 Å². The highest BCUT2D eigenvalue weighted by Gasteiger charge is 2.04. The lowest BCUT2D eigenvalue weighted by atomic mass is 10.2. The van der Waals surface area contributed by atoms with Crippen molar-refractivity contribution in [3.8, 4) is 11.5 Å². The standard InChI is InChI=1S/C13H14BrNO2S/c1-16-12-4-3-10(6-13(12)17-2)15-7-11-5-9(14)8-18-11/h3-6,8,15H,7H2,1-2H3. The molecule has 0 radical (unpaired) electrons. The van der Waals surface area contributed by atoms with Crippen molar-refractivity contribution in [2.75, 3.05) is 19.5 Å². The second-order valence-corrected chi connectivity index (χ2v) is 5.57. The number of thiophene rings is 1. The molecule has 2 rings (SSSR count). The number of anilines is 1. The number of ether oxygens (including phenoxy) is 2. The Kier molecular flexibility index (Phi) is 4.49. The number of methoxy groups -OCH3 is 2. The summed E-state index contributed by atoms with van der Waals surface area (Å²) in [6, 6.07) is 7.91. The smallest absolute Gasteiger partial charge is 0.162 e. The van der Waals surface area contributed by atoms with Crippen molar-refractivity contribution in [1.82, 2.24) is 0 Å². The van der Waals surface area contributed by atoms with Crippen LogP contribution in [0.1, 0.15) is 4.88 Å². The zero-order valence-electron chi connectivity index (χ0n) is 10.2. The Hall–Kier alpha value is -1.20. The van der Waals surface area contributed by atoms with Crippen molar-refractivity contribution < 1.29 is 9.47 Å². The quantitative estimate of drug-likeness (QED) is 0.895. The third-order valence-electron chi connectivity index (χ3n) is 2.47. The van der Waals surface area contributed by atoms with Gasteiger partial charge < -0.3 is 14.8 Å². The summed E-state index contributed by atoms with van der Waals surface area (Å²) in [5, 5.41) is 5.43. The maximum atomic E-state index is 5.26. The highest BCUT2D eigenvalue weighted by Crippen LogP contribution is 2.30. The lowest BCUT2D eigenvalue weighted by molar-refractivity contribution is 0.355. The van der Waals surface area contributed by atoms with Crippen LogP contribution in [0.5, 0.6) is 11.5 Å². The van der Waals surface area contributed by atoms with Crippen LogP contribution in [0.4, 0.5) is 5.69 Å². The Morgan fingerprint density at radius 2 is 1.94 bits per heavy atom. The van der Waals surface area contributed by atoms with Gasteiger partial charge in [-0.1, -0.05) is 0 Å². The molecule has 18 heavy (non-hydrogen) atoms. The number of rotatable bonds is 5. The molecule has 0 unspecified atom stereocenters. The van der Waals surface area contributed by atoms with Gasteiger partial charge in [0.2, 0.25) is 0 Å². The van der Waals surface area contributed by atoms with E-state index in [4.69, 9.17) is 9.47 Å². The molecule has 0 atom stereocenters. The van der Waals surface area contributed by atoms with Crippen molar-refractivity contribution >= 4 is 33.0 Å². The number of halogens is 1. The first kappa shape index (κ1) is 13.2. The number of benzene rings is 1. The normalized spacial score (nSPS) is 10.2. The van der Waals surface area contributed by atoms with Crippen LogP contribution in [0.2, 0.25) is 0 Å². The zero-order valence-corrected chi connectivity index (χ0v) is 12.6. The third kappa shape index (κ3) is 3.17. The molecule has 0 fully saturated rings. The number of hydrogen-bond donors (Lipinski definition) is 1. The SMILES string of the molecule is COc1ccc(NCc2cc(Br)cs2)cc1OC. The van der Waals surface area contributed by atoms with Crippen LogP contribution in [0.15, 0.2) is 34.1 Å². The molecule has 1 heterocycles. The molecule has 0 aliphatic carbocycles. The molecule has 1 aromatic carbocycles. The molecule has 0 aliphatic heterocycles. The van der Waals surface area contributed by atoms with Gasteiger partial charge in [-0.3, -0.25) is 0 Å². The summed E-state index contributed by atoms with van der Waals surface area (Å²) in [7, 11) is 3.27. The molecule has 5 heteroatoms. The first-order valence-electron chi connectivity index (χ1n) is 5.41. The van der Waals surface area contributed by atoms with E-state index in [0.717, 1.165) is 28.2 Å². The van der Waals surface area contributed by atoms with E-state index in [1.807, 2.05) is 18.2 Å². The van der Waals surface area contributed by atoms with Crippen LogP contribution in [0.3, 0.4) is 0 Å². The summed E-state index contributed by atoms with van der Waals surface area (Å²) < 4.78 is 11.6. The maximum Gasteiger partial charge on any atom is 0.162 e. The van der Waals surface area contributed by atoms with E-state index in [9.17, 15) is 0 Å². The summed E-state index contributed by atoms with van der Waals surface area (Å²) in [6.45, 7) is 0.797. The van der Waals surface area contributed by atoms with Gasteiger partial charge in [0.1, 0.15) is 0 Å². The highest BCUT2D eigenvalue weighted by atomic mass is 79.9. The Labute approximate surface area is 119 Å². The van der Waals surface area contributed by atoms with Crippen LogP contribution >= 0.6 is 27.3 Å². The van der Waals surface area contributed by atoms with Gasteiger partial charge in [0.15, 0.2) is 11.5 Å². The molecule has 0 amide bonds. The molecule has 0 spiro atoms. The van der Waals surface area contributed by atoms with Gasteiger partial charge in [-0.25, -0.2) is 0 Å². The van der Waals surface area contributed by atoms with E-state index in [-0.39, 0.29) is 0 Å². The molecule has 0 aliphatic rings. The van der Waals surface area contributed by atoms with Crippen molar-refractivity contribution in [2.24, 2.45) is 0 Å². The van der Waals surface area contributed by atoms with Crippen molar-refractivity contribution in [3.63, 3.8) is 0 Å². The monoisotopic (exact) mass is 327 g/mol. The Morgan fingerprint density at radius 3 is 2.56 bits per heavy atom. The Morgan fingerprint density at radius 1 is 1.17 bits per heavy atom. The fraction of sp³-hybridized carbons (Fsp3) is 0.231. The molecule has 96 valence electrons. The summed E-state index contributed by atoms with van der Waals surface area (Å²) >= 11 is 5.17. The average Bonchev–Trinajstić information content (AvgIpc) is 2.81. The molecule has 0 bridgehead atoms. The second kappa shape index (κ2) is 6.11. The molecule has 1 N–H and O–H groups in total. The van der Waals surface area contributed by atoms with Crippen molar-refractivity contribution in [1.29, 1.82) is 0 Å². The van der Waals surface area contributed by atoms with Crippen LogP contribution in [0, 0.1) is 0 Å².